The third-order valence-corrected chi connectivity index (χ3v) is 6.42. The summed E-state index contributed by atoms with van der Waals surface area (Å²) >= 11 is 0. The summed E-state index contributed by atoms with van der Waals surface area (Å²) in [6, 6.07) is 8.32. The van der Waals surface area contributed by atoms with Crippen LogP contribution in [0.4, 0.5) is 4.79 Å². The van der Waals surface area contributed by atoms with E-state index in [0.29, 0.717) is 19.0 Å². The predicted octanol–water partition coefficient (Wildman–Crippen LogP) is 4.51. The molecule has 0 bridgehead atoms. The Labute approximate surface area is 186 Å². The number of benzene rings is 1. The molecule has 6 heteroatoms. The van der Waals surface area contributed by atoms with Gasteiger partial charge >= 0.3 is 6.09 Å². The number of hydrogen-bond donors (Lipinski definition) is 0. The number of aryl methyl sites for hydroxylation is 1. The van der Waals surface area contributed by atoms with Gasteiger partial charge in [-0.25, -0.2) is 4.79 Å². The summed E-state index contributed by atoms with van der Waals surface area (Å²) < 4.78 is 10.7. The van der Waals surface area contributed by atoms with Gasteiger partial charge in [0.2, 0.25) is 5.91 Å². The van der Waals surface area contributed by atoms with Gasteiger partial charge in [0.1, 0.15) is 11.4 Å². The number of carbonyl (C=O) groups is 2. The minimum Gasteiger partial charge on any atom is -0.497 e. The van der Waals surface area contributed by atoms with Crippen molar-refractivity contribution in [1.29, 1.82) is 0 Å². The second-order valence-corrected chi connectivity index (χ2v) is 9.90. The second kappa shape index (κ2) is 10.4. The highest BCUT2D eigenvalue weighted by Crippen LogP contribution is 2.27. The van der Waals surface area contributed by atoms with Crippen molar-refractivity contribution in [2.45, 2.75) is 64.9 Å². The number of carbonyl (C=O) groups excluding carboxylic acids is 2. The largest absolute Gasteiger partial charge is 0.497 e. The summed E-state index contributed by atoms with van der Waals surface area (Å²) in [5.74, 6) is 1.89. The minimum absolute atomic E-state index is 0.0366. The summed E-state index contributed by atoms with van der Waals surface area (Å²) in [4.78, 5) is 29.0. The number of ether oxygens (including phenoxy) is 2. The van der Waals surface area contributed by atoms with Crippen LogP contribution in [0.3, 0.4) is 0 Å². The van der Waals surface area contributed by atoms with Gasteiger partial charge in [-0.3, -0.25) is 4.79 Å². The van der Waals surface area contributed by atoms with E-state index < -0.39 is 5.60 Å². The molecule has 172 valence electrons. The van der Waals surface area contributed by atoms with Crippen LogP contribution in [0.2, 0.25) is 0 Å². The van der Waals surface area contributed by atoms with Crippen LogP contribution in [0, 0.1) is 11.8 Å². The topological polar surface area (TPSA) is 59.1 Å². The van der Waals surface area contributed by atoms with Gasteiger partial charge in [0.15, 0.2) is 0 Å². The molecule has 1 aromatic rings. The fourth-order valence-electron chi connectivity index (χ4n) is 4.50. The quantitative estimate of drug-likeness (QED) is 0.689. The molecule has 0 unspecified atom stereocenters. The Balaban J connectivity index is 1.37. The van der Waals surface area contributed by atoms with Crippen LogP contribution < -0.4 is 4.74 Å². The zero-order valence-electron chi connectivity index (χ0n) is 19.6. The lowest BCUT2D eigenvalue weighted by Gasteiger charge is -2.37. The van der Waals surface area contributed by atoms with Crippen LogP contribution in [0.5, 0.6) is 5.75 Å². The minimum atomic E-state index is -0.485. The molecule has 2 fully saturated rings. The number of amides is 2. The Bertz CT molecular complexity index is 725. The monoisotopic (exact) mass is 430 g/mol. The van der Waals surface area contributed by atoms with E-state index in [2.05, 4.69) is 17.0 Å². The fourth-order valence-corrected chi connectivity index (χ4v) is 4.50. The molecule has 2 amide bonds. The second-order valence-electron chi connectivity index (χ2n) is 9.90. The Kier molecular flexibility index (Phi) is 7.84. The molecule has 6 nitrogen and oxygen atoms in total. The van der Waals surface area contributed by atoms with Gasteiger partial charge < -0.3 is 19.3 Å². The maximum atomic E-state index is 13.0. The summed E-state index contributed by atoms with van der Waals surface area (Å²) in [6.45, 7) is 8.55. The van der Waals surface area contributed by atoms with E-state index in [0.717, 1.165) is 50.9 Å². The van der Waals surface area contributed by atoms with Crippen molar-refractivity contribution in [2.24, 2.45) is 11.8 Å². The lowest BCUT2D eigenvalue weighted by Crippen LogP contribution is -2.47. The van der Waals surface area contributed by atoms with Gasteiger partial charge in [-0.1, -0.05) is 12.1 Å². The smallest absolute Gasteiger partial charge is 0.410 e. The number of hydrogen-bond acceptors (Lipinski definition) is 4. The summed E-state index contributed by atoms with van der Waals surface area (Å²) in [5, 5.41) is 0. The molecular weight excluding hydrogens is 392 g/mol. The van der Waals surface area contributed by atoms with Gasteiger partial charge in [0, 0.05) is 32.1 Å². The first-order valence-corrected chi connectivity index (χ1v) is 11.6. The van der Waals surface area contributed by atoms with E-state index in [9.17, 15) is 9.59 Å². The number of methoxy groups -OCH3 is 1. The van der Waals surface area contributed by atoms with E-state index in [4.69, 9.17) is 9.47 Å². The molecule has 0 aromatic heterocycles. The number of rotatable bonds is 5. The number of piperidine rings is 2. The highest BCUT2D eigenvalue weighted by atomic mass is 16.6. The van der Waals surface area contributed by atoms with Crippen molar-refractivity contribution >= 4 is 12.0 Å². The maximum Gasteiger partial charge on any atom is 0.410 e. The normalized spacial score (nSPS) is 18.7. The van der Waals surface area contributed by atoms with Crippen molar-refractivity contribution in [3.05, 3.63) is 29.8 Å². The van der Waals surface area contributed by atoms with Crippen molar-refractivity contribution in [3.63, 3.8) is 0 Å². The summed E-state index contributed by atoms with van der Waals surface area (Å²) in [5.41, 5.74) is 0.859. The SMILES string of the molecule is COc1ccc(CCC2CCN(C(=O)C3CCN(C(=O)OC(C)(C)C)CC3)CC2)cc1. The van der Waals surface area contributed by atoms with Crippen LogP contribution in [0.1, 0.15) is 58.4 Å². The molecule has 2 aliphatic heterocycles. The molecular formula is C25H38N2O4. The van der Waals surface area contributed by atoms with Gasteiger partial charge in [0.05, 0.1) is 7.11 Å². The van der Waals surface area contributed by atoms with E-state index in [1.165, 1.54) is 12.0 Å². The number of nitrogens with zero attached hydrogens (tertiary/aromatic N) is 2. The molecule has 0 saturated carbocycles. The average Bonchev–Trinajstić information content (AvgIpc) is 2.77. The van der Waals surface area contributed by atoms with Gasteiger partial charge in [0.25, 0.3) is 0 Å². The van der Waals surface area contributed by atoms with E-state index in [1.54, 1.807) is 12.0 Å². The molecule has 1 aromatic carbocycles. The van der Waals surface area contributed by atoms with E-state index in [1.807, 2.05) is 32.9 Å². The van der Waals surface area contributed by atoms with Crippen molar-refractivity contribution in [1.82, 2.24) is 9.80 Å². The van der Waals surface area contributed by atoms with E-state index >= 15 is 0 Å². The van der Waals surface area contributed by atoms with Crippen molar-refractivity contribution in [2.75, 3.05) is 33.3 Å². The molecule has 3 rings (SSSR count). The van der Waals surface area contributed by atoms with Gasteiger partial charge in [-0.05, 0) is 82.9 Å². The third kappa shape index (κ3) is 6.88. The van der Waals surface area contributed by atoms with Gasteiger partial charge in [-0.15, -0.1) is 0 Å². The molecule has 2 aliphatic rings. The standard InChI is InChI=1S/C25H38N2O4/c1-25(2,3)31-24(29)27-17-13-21(14-18-27)23(28)26-15-11-20(12-16-26)6-5-19-7-9-22(30-4)10-8-19/h7-10,20-21H,5-6,11-18H2,1-4H3. The average molecular weight is 431 g/mol. The highest BCUT2D eigenvalue weighted by Gasteiger charge is 2.33. The van der Waals surface area contributed by atoms with Crippen molar-refractivity contribution in [3.8, 4) is 5.75 Å². The van der Waals surface area contributed by atoms with Gasteiger partial charge in [-0.2, -0.15) is 0 Å². The first-order valence-electron chi connectivity index (χ1n) is 11.6. The predicted molar refractivity (Wildman–Crippen MR) is 121 cm³/mol. The van der Waals surface area contributed by atoms with Crippen LogP contribution in [0.15, 0.2) is 24.3 Å². The molecule has 0 radical (unpaired) electrons. The zero-order chi connectivity index (χ0) is 22.4. The molecule has 2 heterocycles. The first kappa shape index (κ1) is 23.4. The van der Waals surface area contributed by atoms with Crippen molar-refractivity contribution < 1.29 is 19.1 Å². The lowest BCUT2D eigenvalue weighted by atomic mass is 9.89. The summed E-state index contributed by atoms with van der Waals surface area (Å²) in [6.07, 6.45) is 5.60. The maximum absolute atomic E-state index is 13.0. The van der Waals surface area contributed by atoms with Crippen LogP contribution in [0.25, 0.3) is 0 Å². The molecule has 0 atom stereocenters. The lowest BCUT2D eigenvalue weighted by molar-refractivity contribution is -0.138. The zero-order valence-corrected chi connectivity index (χ0v) is 19.6. The van der Waals surface area contributed by atoms with Crippen LogP contribution in [-0.2, 0) is 16.0 Å². The first-order chi connectivity index (χ1) is 14.7. The third-order valence-electron chi connectivity index (χ3n) is 6.42. The molecule has 0 N–H and O–H groups in total. The molecule has 31 heavy (non-hydrogen) atoms. The Morgan fingerprint density at radius 1 is 0.935 bits per heavy atom. The number of likely N-dealkylation sites (tertiary alicyclic amines) is 2. The summed E-state index contributed by atoms with van der Waals surface area (Å²) in [7, 11) is 1.69. The Morgan fingerprint density at radius 3 is 2.06 bits per heavy atom. The molecule has 0 spiro atoms. The molecule has 2 saturated heterocycles. The Hall–Kier alpha value is -2.24. The van der Waals surface area contributed by atoms with E-state index in [-0.39, 0.29) is 17.9 Å². The van der Waals surface area contributed by atoms with Crippen LogP contribution >= 0.6 is 0 Å². The highest BCUT2D eigenvalue weighted by molar-refractivity contribution is 5.79. The fraction of sp³-hybridized carbons (Fsp3) is 0.680. The molecule has 0 aliphatic carbocycles. The Morgan fingerprint density at radius 2 is 1.52 bits per heavy atom. The van der Waals surface area contributed by atoms with Crippen LogP contribution in [-0.4, -0.2) is 60.7 Å².